The zero-order valence-electron chi connectivity index (χ0n) is 14.3. The van der Waals surface area contributed by atoms with Crippen LogP contribution in [0.5, 0.6) is 5.75 Å². The number of hydrogen-bond acceptors (Lipinski definition) is 1. The predicted octanol–water partition coefficient (Wildman–Crippen LogP) is 6.34. The second kappa shape index (κ2) is 8.22. The third-order valence-corrected chi connectivity index (χ3v) is 5.28. The summed E-state index contributed by atoms with van der Waals surface area (Å²) >= 11 is 3.71. The van der Waals surface area contributed by atoms with Crippen LogP contribution in [0.1, 0.15) is 65.9 Å². The smallest absolute Gasteiger partial charge is 0.119 e. The van der Waals surface area contributed by atoms with Crippen LogP contribution in [0, 0.1) is 5.41 Å². The summed E-state index contributed by atoms with van der Waals surface area (Å²) in [6.07, 6.45) is 4.84. The minimum atomic E-state index is 0.165. The Bertz CT molecular complexity index is 414. The van der Waals surface area contributed by atoms with Crippen LogP contribution in [0.3, 0.4) is 0 Å². The van der Waals surface area contributed by atoms with Gasteiger partial charge >= 0.3 is 0 Å². The molecular formula is C19H31BrO. The quantitative estimate of drug-likeness (QED) is 0.494. The lowest BCUT2D eigenvalue weighted by atomic mass is 9.82. The number of rotatable bonds is 8. The Labute approximate surface area is 139 Å². The molecule has 0 aliphatic heterocycles. The Balaban J connectivity index is 2.80. The maximum absolute atomic E-state index is 6.17. The maximum Gasteiger partial charge on any atom is 0.119 e. The average Bonchev–Trinajstić information content (AvgIpc) is 2.45. The van der Waals surface area contributed by atoms with Gasteiger partial charge in [0, 0.05) is 10.7 Å². The molecule has 0 radical (unpaired) electrons. The van der Waals surface area contributed by atoms with E-state index in [2.05, 4.69) is 74.8 Å². The van der Waals surface area contributed by atoms with Gasteiger partial charge in [-0.15, -0.1) is 0 Å². The molecule has 0 amide bonds. The van der Waals surface area contributed by atoms with Crippen molar-refractivity contribution in [1.29, 1.82) is 0 Å². The van der Waals surface area contributed by atoms with E-state index in [4.69, 9.17) is 4.74 Å². The van der Waals surface area contributed by atoms with E-state index < -0.39 is 0 Å². The van der Waals surface area contributed by atoms with Crippen LogP contribution in [0.25, 0.3) is 0 Å². The van der Waals surface area contributed by atoms with Gasteiger partial charge in [0.1, 0.15) is 5.75 Å². The van der Waals surface area contributed by atoms with Gasteiger partial charge in [0.05, 0.1) is 6.61 Å². The molecule has 1 rings (SSSR count). The van der Waals surface area contributed by atoms with E-state index in [9.17, 15) is 0 Å². The van der Waals surface area contributed by atoms with Crippen molar-refractivity contribution < 1.29 is 4.74 Å². The lowest BCUT2D eigenvalue weighted by Gasteiger charge is -2.31. The molecule has 0 bridgehead atoms. The molecule has 0 atom stereocenters. The van der Waals surface area contributed by atoms with Gasteiger partial charge in [-0.2, -0.15) is 0 Å². The minimum Gasteiger partial charge on any atom is -0.493 e. The van der Waals surface area contributed by atoms with Gasteiger partial charge in [-0.05, 0) is 36.0 Å². The molecule has 21 heavy (non-hydrogen) atoms. The monoisotopic (exact) mass is 354 g/mol. The van der Waals surface area contributed by atoms with Crippen LogP contribution in [0.15, 0.2) is 24.3 Å². The van der Waals surface area contributed by atoms with Crippen LogP contribution in [-0.4, -0.2) is 11.9 Å². The molecule has 0 aromatic heterocycles. The topological polar surface area (TPSA) is 9.23 Å². The highest BCUT2D eigenvalue weighted by molar-refractivity contribution is 9.09. The Morgan fingerprint density at radius 3 is 2.14 bits per heavy atom. The molecule has 0 N–H and O–H groups in total. The lowest BCUT2D eigenvalue weighted by molar-refractivity contribution is 0.144. The summed E-state index contributed by atoms with van der Waals surface area (Å²) in [5.74, 6) is 1.000. The molecular weight excluding hydrogens is 324 g/mol. The average molecular weight is 355 g/mol. The van der Waals surface area contributed by atoms with Crippen molar-refractivity contribution in [2.75, 3.05) is 11.9 Å². The highest BCUT2D eigenvalue weighted by Gasteiger charge is 2.28. The predicted molar refractivity (Wildman–Crippen MR) is 96.7 cm³/mol. The summed E-state index contributed by atoms with van der Waals surface area (Å²) in [5, 5.41) is 1.01. The first kappa shape index (κ1) is 18.5. The van der Waals surface area contributed by atoms with Crippen molar-refractivity contribution in [1.82, 2.24) is 0 Å². The highest BCUT2D eigenvalue weighted by atomic mass is 79.9. The molecule has 0 aliphatic rings. The van der Waals surface area contributed by atoms with Gasteiger partial charge in [-0.1, -0.05) is 75.5 Å². The molecule has 0 spiro atoms. The zero-order valence-corrected chi connectivity index (χ0v) is 15.9. The molecule has 0 fully saturated rings. The van der Waals surface area contributed by atoms with Crippen molar-refractivity contribution >= 4 is 15.9 Å². The van der Waals surface area contributed by atoms with Crippen molar-refractivity contribution in [2.45, 2.75) is 65.7 Å². The molecule has 1 aromatic carbocycles. The summed E-state index contributed by atoms with van der Waals surface area (Å²) in [7, 11) is 0. The maximum atomic E-state index is 6.17. The number of hydrogen-bond donors (Lipinski definition) is 0. The Morgan fingerprint density at radius 2 is 1.67 bits per heavy atom. The van der Waals surface area contributed by atoms with Crippen LogP contribution in [0.4, 0.5) is 0 Å². The normalized spacial score (nSPS) is 12.5. The van der Waals surface area contributed by atoms with Crippen LogP contribution >= 0.6 is 15.9 Å². The summed E-state index contributed by atoms with van der Waals surface area (Å²) in [4.78, 5) is 0. The first-order valence-electron chi connectivity index (χ1n) is 8.16. The molecule has 0 aliphatic carbocycles. The summed E-state index contributed by atoms with van der Waals surface area (Å²) in [5.41, 5.74) is 1.76. The van der Waals surface area contributed by atoms with Crippen molar-refractivity contribution in [3.05, 3.63) is 29.8 Å². The van der Waals surface area contributed by atoms with E-state index >= 15 is 0 Å². The van der Waals surface area contributed by atoms with E-state index in [1.54, 1.807) is 0 Å². The highest BCUT2D eigenvalue weighted by Crippen LogP contribution is 2.33. The molecule has 2 heteroatoms. The van der Waals surface area contributed by atoms with Gasteiger partial charge in [-0.3, -0.25) is 0 Å². The molecule has 0 heterocycles. The summed E-state index contributed by atoms with van der Waals surface area (Å²) < 4.78 is 6.17. The Morgan fingerprint density at radius 1 is 1.05 bits per heavy atom. The Hall–Kier alpha value is -0.500. The fourth-order valence-electron chi connectivity index (χ4n) is 2.79. The van der Waals surface area contributed by atoms with Crippen LogP contribution in [0.2, 0.25) is 0 Å². The molecule has 1 aromatic rings. The van der Waals surface area contributed by atoms with E-state index in [1.165, 1.54) is 31.2 Å². The van der Waals surface area contributed by atoms with Gasteiger partial charge in [0.15, 0.2) is 0 Å². The van der Waals surface area contributed by atoms with Gasteiger partial charge in [0.2, 0.25) is 0 Å². The first-order chi connectivity index (χ1) is 9.87. The third-order valence-electron chi connectivity index (χ3n) is 4.09. The van der Waals surface area contributed by atoms with Gasteiger partial charge < -0.3 is 4.74 Å². The third kappa shape index (κ3) is 5.65. The second-order valence-corrected chi connectivity index (χ2v) is 7.76. The molecule has 120 valence electrons. The first-order valence-corrected chi connectivity index (χ1v) is 9.28. The van der Waals surface area contributed by atoms with Crippen LogP contribution < -0.4 is 4.74 Å². The van der Waals surface area contributed by atoms with E-state index in [0.29, 0.717) is 0 Å². The van der Waals surface area contributed by atoms with E-state index in [1.807, 2.05) is 0 Å². The van der Waals surface area contributed by atoms with Gasteiger partial charge in [-0.25, -0.2) is 0 Å². The standard InChI is InChI=1S/C19H31BrO/c1-6-11-19(14-20,12-7-2)15-21-17-10-8-9-16(13-17)18(3,4)5/h8-10,13H,6-7,11-12,14-15H2,1-5H3. The molecule has 0 unspecified atom stereocenters. The Kier molecular flexibility index (Phi) is 7.26. The van der Waals surface area contributed by atoms with Crippen molar-refractivity contribution in [2.24, 2.45) is 5.41 Å². The van der Waals surface area contributed by atoms with E-state index in [0.717, 1.165) is 17.7 Å². The van der Waals surface area contributed by atoms with Crippen molar-refractivity contribution in [3.8, 4) is 5.75 Å². The summed E-state index contributed by atoms with van der Waals surface area (Å²) in [6, 6.07) is 8.55. The summed E-state index contributed by atoms with van der Waals surface area (Å²) in [6.45, 7) is 12.0. The lowest BCUT2D eigenvalue weighted by Crippen LogP contribution is -2.30. The zero-order chi connectivity index (χ0) is 15.9. The SMILES string of the molecule is CCCC(CBr)(CCC)COc1cccc(C(C)(C)C)c1. The molecule has 0 saturated heterocycles. The number of benzene rings is 1. The van der Waals surface area contributed by atoms with E-state index in [-0.39, 0.29) is 10.8 Å². The largest absolute Gasteiger partial charge is 0.493 e. The second-order valence-electron chi connectivity index (χ2n) is 7.20. The number of halogens is 1. The molecule has 0 saturated carbocycles. The molecule has 1 nitrogen and oxygen atoms in total. The number of alkyl halides is 1. The number of ether oxygens (including phenoxy) is 1. The van der Waals surface area contributed by atoms with Crippen LogP contribution in [-0.2, 0) is 5.41 Å². The fourth-order valence-corrected chi connectivity index (χ4v) is 3.51. The van der Waals surface area contributed by atoms with Crippen molar-refractivity contribution in [3.63, 3.8) is 0 Å². The minimum absolute atomic E-state index is 0.165. The van der Waals surface area contributed by atoms with Gasteiger partial charge in [0.25, 0.3) is 0 Å². The fraction of sp³-hybridized carbons (Fsp3) is 0.684.